The minimum atomic E-state index is -0.528. The molecule has 2 rings (SSSR count). The van der Waals surface area contributed by atoms with Crippen LogP contribution >= 0.6 is 15.9 Å². The van der Waals surface area contributed by atoms with E-state index in [1.54, 1.807) is 12.1 Å². The van der Waals surface area contributed by atoms with E-state index in [2.05, 4.69) is 31.4 Å². The highest BCUT2D eigenvalue weighted by Gasteiger charge is 2.11. The maximum atomic E-state index is 10.6. The molecule has 0 aliphatic rings. The molecule has 0 unspecified atom stereocenters. The van der Waals surface area contributed by atoms with Crippen LogP contribution in [-0.4, -0.2) is 29.8 Å². The van der Waals surface area contributed by atoms with Crippen LogP contribution in [0.1, 0.15) is 5.56 Å². The van der Waals surface area contributed by atoms with Crippen molar-refractivity contribution in [2.75, 3.05) is 19.1 Å². The van der Waals surface area contributed by atoms with Crippen LogP contribution in [-0.2, 0) is 0 Å². The number of halogens is 1. The molecule has 1 aromatic carbocycles. The standard InChI is InChI=1S/C15H12BrN5O4/c1-24-13-7-10(6-12(16)15(13)25-5-4-17)8-19-20-14-3-2-11(9-18-14)21(22)23/h2-3,6-9H,5H2,1H3,(H,18,20)/b19-8+. The fourth-order valence-corrected chi connectivity index (χ4v) is 2.37. The van der Waals surface area contributed by atoms with E-state index in [9.17, 15) is 10.1 Å². The third-order valence-corrected chi connectivity index (χ3v) is 3.47. The summed E-state index contributed by atoms with van der Waals surface area (Å²) >= 11 is 3.35. The summed E-state index contributed by atoms with van der Waals surface area (Å²) in [5.41, 5.74) is 3.27. The topological polar surface area (TPSA) is 123 Å². The second-order valence-electron chi connectivity index (χ2n) is 4.51. The normalized spacial score (nSPS) is 10.3. The Kier molecular flexibility index (Phi) is 6.25. The summed E-state index contributed by atoms with van der Waals surface area (Å²) in [6.45, 7) is -0.101. The molecule has 1 aromatic heterocycles. The van der Waals surface area contributed by atoms with Gasteiger partial charge in [0.2, 0.25) is 0 Å². The van der Waals surface area contributed by atoms with Gasteiger partial charge in [-0.05, 0) is 39.7 Å². The highest BCUT2D eigenvalue weighted by atomic mass is 79.9. The van der Waals surface area contributed by atoms with E-state index in [-0.39, 0.29) is 12.3 Å². The summed E-state index contributed by atoms with van der Waals surface area (Å²) in [5, 5.41) is 23.2. The van der Waals surface area contributed by atoms with Gasteiger partial charge >= 0.3 is 0 Å². The number of pyridine rings is 1. The number of ether oxygens (including phenoxy) is 2. The van der Waals surface area contributed by atoms with Crippen LogP contribution in [0.2, 0.25) is 0 Å². The number of nitrogens with one attached hydrogen (secondary N) is 1. The Morgan fingerprint density at radius 2 is 2.32 bits per heavy atom. The van der Waals surface area contributed by atoms with Gasteiger partial charge in [0.25, 0.3) is 5.69 Å². The van der Waals surface area contributed by atoms with Crippen LogP contribution in [0.3, 0.4) is 0 Å². The molecule has 10 heteroatoms. The first-order chi connectivity index (χ1) is 12.0. The lowest BCUT2D eigenvalue weighted by molar-refractivity contribution is -0.385. The fraction of sp³-hybridized carbons (Fsp3) is 0.133. The van der Waals surface area contributed by atoms with Gasteiger partial charge in [-0.1, -0.05) is 0 Å². The van der Waals surface area contributed by atoms with Crippen molar-refractivity contribution in [3.05, 3.63) is 50.6 Å². The summed E-state index contributed by atoms with van der Waals surface area (Å²) in [6.07, 6.45) is 2.66. The molecule has 0 saturated heterocycles. The third-order valence-electron chi connectivity index (χ3n) is 2.88. The van der Waals surface area contributed by atoms with Gasteiger partial charge in [0.15, 0.2) is 18.1 Å². The van der Waals surface area contributed by atoms with E-state index >= 15 is 0 Å². The number of rotatable bonds is 7. The Morgan fingerprint density at radius 3 is 2.92 bits per heavy atom. The van der Waals surface area contributed by atoms with Gasteiger partial charge < -0.3 is 9.47 Å². The lowest BCUT2D eigenvalue weighted by atomic mass is 10.2. The molecular formula is C15H12BrN5O4. The SMILES string of the molecule is COc1cc(/C=N/Nc2ccc([N+](=O)[O-])cn2)cc(Br)c1OCC#N. The van der Waals surface area contributed by atoms with E-state index in [4.69, 9.17) is 14.7 Å². The third kappa shape index (κ3) is 4.89. The number of nitro groups is 1. The van der Waals surface area contributed by atoms with Crippen molar-refractivity contribution in [2.24, 2.45) is 5.10 Å². The van der Waals surface area contributed by atoms with Crippen molar-refractivity contribution >= 4 is 33.6 Å². The first-order valence-corrected chi connectivity index (χ1v) is 7.61. The van der Waals surface area contributed by atoms with E-state index < -0.39 is 4.92 Å². The van der Waals surface area contributed by atoms with Gasteiger partial charge in [-0.25, -0.2) is 4.98 Å². The van der Waals surface area contributed by atoms with Gasteiger partial charge in [-0.3, -0.25) is 15.5 Å². The van der Waals surface area contributed by atoms with Crippen LogP contribution < -0.4 is 14.9 Å². The monoisotopic (exact) mass is 405 g/mol. The Labute approximate surface area is 151 Å². The Morgan fingerprint density at radius 1 is 1.52 bits per heavy atom. The summed E-state index contributed by atoms with van der Waals surface area (Å²) in [5.74, 6) is 1.23. The minimum Gasteiger partial charge on any atom is -0.493 e. The number of aromatic nitrogens is 1. The largest absolute Gasteiger partial charge is 0.493 e. The zero-order chi connectivity index (χ0) is 18.2. The molecule has 0 saturated carbocycles. The molecule has 0 fully saturated rings. The molecular weight excluding hydrogens is 394 g/mol. The van der Waals surface area contributed by atoms with Crippen LogP contribution in [0.5, 0.6) is 11.5 Å². The van der Waals surface area contributed by atoms with Crippen LogP contribution in [0, 0.1) is 21.4 Å². The van der Waals surface area contributed by atoms with E-state index in [0.717, 1.165) is 6.20 Å². The zero-order valence-electron chi connectivity index (χ0n) is 13.0. The molecule has 1 heterocycles. The van der Waals surface area contributed by atoms with Crippen LogP contribution in [0.15, 0.2) is 40.0 Å². The number of hydrogen-bond donors (Lipinski definition) is 1. The molecule has 0 spiro atoms. The molecule has 0 bridgehead atoms. The van der Waals surface area contributed by atoms with Crippen molar-refractivity contribution < 1.29 is 14.4 Å². The predicted molar refractivity (Wildman–Crippen MR) is 93.9 cm³/mol. The summed E-state index contributed by atoms with van der Waals surface area (Å²) in [6, 6.07) is 8.09. The average molecular weight is 406 g/mol. The molecule has 1 N–H and O–H groups in total. The smallest absolute Gasteiger partial charge is 0.287 e. The maximum absolute atomic E-state index is 10.6. The summed E-state index contributed by atoms with van der Waals surface area (Å²) in [7, 11) is 1.49. The van der Waals surface area contributed by atoms with Gasteiger partial charge in [-0.2, -0.15) is 10.4 Å². The highest BCUT2D eigenvalue weighted by molar-refractivity contribution is 9.10. The fourth-order valence-electron chi connectivity index (χ4n) is 1.79. The van der Waals surface area contributed by atoms with Crippen molar-refractivity contribution in [1.82, 2.24) is 4.98 Å². The maximum Gasteiger partial charge on any atom is 0.287 e. The van der Waals surface area contributed by atoms with E-state index in [1.165, 1.54) is 25.5 Å². The minimum absolute atomic E-state index is 0.101. The highest BCUT2D eigenvalue weighted by Crippen LogP contribution is 2.36. The van der Waals surface area contributed by atoms with Gasteiger partial charge in [0.1, 0.15) is 18.1 Å². The summed E-state index contributed by atoms with van der Waals surface area (Å²) in [4.78, 5) is 13.9. The first kappa shape index (κ1) is 18.2. The van der Waals surface area contributed by atoms with E-state index in [0.29, 0.717) is 27.4 Å². The predicted octanol–water partition coefficient (Wildman–Crippen LogP) is 3.11. The Bertz CT molecular complexity index is 833. The molecule has 128 valence electrons. The zero-order valence-corrected chi connectivity index (χ0v) is 14.6. The average Bonchev–Trinajstić information content (AvgIpc) is 2.61. The number of nitriles is 1. The molecule has 0 aliphatic heterocycles. The number of benzene rings is 1. The Hall–Kier alpha value is -3.19. The van der Waals surface area contributed by atoms with Crippen molar-refractivity contribution in [2.45, 2.75) is 0 Å². The van der Waals surface area contributed by atoms with Crippen LogP contribution in [0.4, 0.5) is 11.5 Å². The molecule has 0 radical (unpaired) electrons. The van der Waals surface area contributed by atoms with Gasteiger partial charge in [0.05, 0.1) is 22.7 Å². The number of methoxy groups -OCH3 is 1. The molecule has 0 aliphatic carbocycles. The quantitative estimate of drug-likeness (QED) is 0.426. The molecule has 25 heavy (non-hydrogen) atoms. The molecule has 2 aromatic rings. The number of hydrazone groups is 1. The molecule has 0 amide bonds. The lowest BCUT2D eigenvalue weighted by Crippen LogP contribution is -1.99. The number of nitrogens with zero attached hydrogens (tertiary/aromatic N) is 4. The summed E-state index contributed by atoms with van der Waals surface area (Å²) < 4.78 is 11.2. The molecule has 0 atom stereocenters. The van der Waals surface area contributed by atoms with E-state index in [1.807, 2.05) is 6.07 Å². The van der Waals surface area contributed by atoms with Gasteiger partial charge in [0, 0.05) is 6.07 Å². The second kappa shape index (κ2) is 8.60. The molecule has 9 nitrogen and oxygen atoms in total. The van der Waals surface area contributed by atoms with Crippen LogP contribution in [0.25, 0.3) is 0 Å². The van der Waals surface area contributed by atoms with Crippen molar-refractivity contribution in [3.63, 3.8) is 0 Å². The van der Waals surface area contributed by atoms with Crippen molar-refractivity contribution in [3.8, 4) is 17.6 Å². The number of anilines is 1. The second-order valence-corrected chi connectivity index (χ2v) is 5.36. The Balaban J connectivity index is 2.11. The lowest BCUT2D eigenvalue weighted by Gasteiger charge is -2.11. The van der Waals surface area contributed by atoms with Crippen molar-refractivity contribution in [1.29, 1.82) is 5.26 Å². The first-order valence-electron chi connectivity index (χ1n) is 6.82. The van der Waals surface area contributed by atoms with Gasteiger partial charge in [-0.15, -0.1) is 0 Å². The number of hydrogen-bond acceptors (Lipinski definition) is 8.